The van der Waals surface area contributed by atoms with E-state index in [2.05, 4.69) is 5.32 Å². The molecule has 0 radical (unpaired) electrons. The van der Waals surface area contributed by atoms with Crippen molar-refractivity contribution in [3.05, 3.63) is 17.9 Å². The Balaban J connectivity index is 1.95. The second-order valence-electron chi connectivity index (χ2n) is 4.25. The summed E-state index contributed by atoms with van der Waals surface area (Å²) >= 11 is 0. The average molecular weight is 273 g/mol. The molecule has 1 aromatic rings. The van der Waals surface area contributed by atoms with Crippen LogP contribution in [0.2, 0.25) is 0 Å². The van der Waals surface area contributed by atoms with Gasteiger partial charge in [0.1, 0.15) is 5.76 Å². The Bertz CT molecular complexity index is 551. The van der Waals surface area contributed by atoms with Crippen LogP contribution >= 0.6 is 0 Å². The van der Waals surface area contributed by atoms with Crippen LogP contribution in [0.25, 0.3) is 0 Å². The third-order valence-corrected chi connectivity index (χ3v) is 3.65. The number of nitrogens with two attached hydrogens (primary N) is 1. The first-order valence-corrected chi connectivity index (χ1v) is 7.02. The summed E-state index contributed by atoms with van der Waals surface area (Å²) in [5.74, 6) is 0.467. The van der Waals surface area contributed by atoms with Gasteiger partial charge in [0.05, 0.1) is 12.6 Å². The van der Waals surface area contributed by atoms with Gasteiger partial charge in [0.25, 0.3) is 10.0 Å². The van der Waals surface area contributed by atoms with Crippen LogP contribution in [0.1, 0.15) is 12.2 Å². The largest absolute Gasteiger partial charge is 0.447 e. The summed E-state index contributed by atoms with van der Waals surface area (Å²) in [6.07, 6.45) is 0.734. The number of furan rings is 1. The predicted molar refractivity (Wildman–Crippen MR) is 63.0 cm³/mol. The molecule has 1 unspecified atom stereocenters. The van der Waals surface area contributed by atoms with Crippen LogP contribution < -0.4 is 10.5 Å². The van der Waals surface area contributed by atoms with E-state index >= 15 is 0 Å². The SMILES string of the molecule is CN1CCC(NCc2ccc(S(N)(=O)=O)o2)C1=O. The van der Waals surface area contributed by atoms with Gasteiger partial charge < -0.3 is 9.32 Å². The molecule has 0 aliphatic carbocycles. The van der Waals surface area contributed by atoms with Crippen LogP contribution in [0, 0.1) is 0 Å². The third kappa shape index (κ3) is 2.71. The summed E-state index contributed by atoms with van der Waals surface area (Å²) < 4.78 is 27.1. The number of hydrogen-bond donors (Lipinski definition) is 2. The maximum absolute atomic E-state index is 11.6. The molecule has 18 heavy (non-hydrogen) atoms. The number of nitrogens with zero attached hydrogens (tertiary/aromatic N) is 1. The summed E-state index contributed by atoms with van der Waals surface area (Å²) in [6.45, 7) is 1.01. The number of nitrogens with one attached hydrogen (secondary N) is 1. The van der Waals surface area contributed by atoms with Crippen LogP contribution in [0.3, 0.4) is 0 Å². The van der Waals surface area contributed by atoms with Crippen LogP contribution in [-0.2, 0) is 21.4 Å². The van der Waals surface area contributed by atoms with Crippen molar-refractivity contribution in [2.24, 2.45) is 5.14 Å². The molecule has 1 fully saturated rings. The Morgan fingerprint density at radius 2 is 2.28 bits per heavy atom. The molecule has 1 atom stereocenters. The van der Waals surface area contributed by atoms with Gasteiger partial charge in [-0.15, -0.1) is 0 Å². The molecule has 1 aliphatic heterocycles. The highest BCUT2D eigenvalue weighted by Gasteiger charge is 2.28. The van der Waals surface area contributed by atoms with E-state index in [9.17, 15) is 13.2 Å². The Labute approximate surface area is 105 Å². The molecule has 7 nitrogen and oxygen atoms in total. The first kappa shape index (κ1) is 13.1. The van der Waals surface area contributed by atoms with Crippen LogP contribution in [0.5, 0.6) is 0 Å². The van der Waals surface area contributed by atoms with Crippen LogP contribution in [0.15, 0.2) is 21.6 Å². The van der Waals surface area contributed by atoms with Gasteiger partial charge in [-0.1, -0.05) is 0 Å². The molecule has 100 valence electrons. The van der Waals surface area contributed by atoms with Crippen molar-refractivity contribution in [1.82, 2.24) is 10.2 Å². The smallest absolute Gasteiger partial charge is 0.271 e. The average Bonchev–Trinajstić information content (AvgIpc) is 2.86. The number of likely N-dealkylation sites (N-methyl/N-ethyl adjacent to an activating group) is 1. The molecule has 0 bridgehead atoms. The van der Waals surface area contributed by atoms with E-state index in [1.165, 1.54) is 12.1 Å². The minimum atomic E-state index is -3.81. The molecule has 3 N–H and O–H groups in total. The molecule has 2 rings (SSSR count). The van der Waals surface area contributed by atoms with Crippen LogP contribution in [0.4, 0.5) is 0 Å². The number of rotatable bonds is 4. The number of carbonyl (C=O) groups is 1. The van der Waals surface area contributed by atoms with Crippen molar-refractivity contribution in [3.8, 4) is 0 Å². The Morgan fingerprint density at radius 1 is 1.56 bits per heavy atom. The number of hydrogen-bond acceptors (Lipinski definition) is 5. The fraction of sp³-hybridized carbons (Fsp3) is 0.500. The van der Waals surface area contributed by atoms with Gasteiger partial charge in [-0.3, -0.25) is 10.1 Å². The summed E-state index contributed by atoms with van der Waals surface area (Å²) in [5, 5.41) is 7.68. The molecule has 1 aromatic heterocycles. The van der Waals surface area contributed by atoms with Gasteiger partial charge in [-0.05, 0) is 18.6 Å². The Hall–Kier alpha value is -1.38. The van der Waals surface area contributed by atoms with Gasteiger partial charge in [-0.25, -0.2) is 13.6 Å². The highest BCUT2D eigenvalue weighted by molar-refractivity contribution is 7.89. The second-order valence-corrected chi connectivity index (χ2v) is 5.74. The first-order chi connectivity index (χ1) is 8.38. The normalized spacial score (nSPS) is 20.7. The van der Waals surface area contributed by atoms with Crippen molar-refractivity contribution in [1.29, 1.82) is 0 Å². The van der Waals surface area contributed by atoms with Gasteiger partial charge in [0.15, 0.2) is 0 Å². The van der Waals surface area contributed by atoms with E-state index in [1.807, 2.05) is 0 Å². The molecule has 1 amide bonds. The van der Waals surface area contributed by atoms with Crippen molar-refractivity contribution in [2.45, 2.75) is 24.1 Å². The highest BCUT2D eigenvalue weighted by atomic mass is 32.2. The molecule has 1 aliphatic rings. The van der Waals surface area contributed by atoms with Crippen molar-refractivity contribution in [3.63, 3.8) is 0 Å². The van der Waals surface area contributed by atoms with Gasteiger partial charge in [0.2, 0.25) is 11.0 Å². The third-order valence-electron chi connectivity index (χ3n) is 2.87. The van der Waals surface area contributed by atoms with E-state index in [0.29, 0.717) is 12.3 Å². The lowest BCUT2D eigenvalue weighted by molar-refractivity contribution is -0.128. The number of sulfonamides is 1. The van der Waals surface area contributed by atoms with E-state index in [1.54, 1.807) is 11.9 Å². The minimum absolute atomic E-state index is 0.0354. The van der Waals surface area contributed by atoms with Crippen molar-refractivity contribution < 1.29 is 17.6 Å². The second kappa shape index (κ2) is 4.71. The summed E-state index contributed by atoms with van der Waals surface area (Å²) in [6, 6.07) is 2.59. The quantitative estimate of drug-likeness (QED) is 0.750. The van der Waals surface area contributed by atoms with Gasteiger partial charge >= 0.3 is 0 Å². The minimum Gasteiger partial charge on any atom is -0.447 e. The predicted octanol–water partition coefficient (Wildman–Crippen LogP) is -0.753. The van der Waals surface area contributed by atoms with Crippen molar-refractivity contribution in [2.75, 3.05) is 13.6 Å². The standard InChI is InChI=1S/C10H15N3O4S/c1-13-5-4-8(10(13)14)12-6-7-2-3-9(17-7)18(11,15)16/h2-3,8,12H,4-6H2,1H3,(H2,11,15,16). The fourth-order valence-electron chi connectivity index (χ4n) is 1.84. The van der Waals surface area contributed by atoms with Gasteiger partial charge in [0, 0.05) is 13.6 Å². The van der Waals surface area contributed by atoms with E-state index in [4.69, 9.17) is 9.56 Å². The molecule has 1 saturated heterocycles. The maximum Gasteiger partial charge on any atom is 0.271 e. The van der Waals surface area contributed by atoms with E-state index < -0.39 is 10.0 Å². The molecule has 2 heterocycles. The number of likely N-dealkylation sites (tertiary alicyclic amines) is 1. The topological polar surface area (TPSA) is 106 Å². The zero-order valence-corrected chi connectivity index (χ0v) is 10.7. The molecule has 8 heteroatoms. The Kier molecular flexibility index (Phi) is 3.42. The first-order valence-electron chi connectivity index (χ1n) is 5.48. The zero-order valence-electron chi connectivity index (χ0n) is 9.92. The van der Waals surface area contributed by atoms with Crippen LogP contribution in [-0.4, -0.2) is 38.9 Å². The van der Waals surface area contributed by atoms with E-state index in [-0.39, 0.29) is 17.0 Å². The number of amides is 1. The lowest BCUT2D eigenvalue weighted by Crippen LogP contribution is -2.36. The molecular formula is C10H15N3O4S. The summed E-state index contributed by atoms with van der Waals surface area (Å²) in [4.78, 5) is 13.3. The summed E-state index contributed by atoms with van der Waals surface area (Å²) in [5.41, 5.74) is 0. The molecule has 0 aromatic carbocycles. The van der Waals surface area contributed by atoms with E-state index in [0.717, 1.165) is 13.0 Å². The lowest BCUT2D eigenvalue weighted by Gasteiger charge is -2.10. The lowest BCUT2D eigenvalue weighted by atomic mass is 10.2. The van der Waals surface area contributed by atoms with Gasteiger partial charge in [-0.2, -0.15) is 0 Å². The van der Waals surface area contributed by atoms with Crippen molar-refractivity contribution >= 4 is 15.9 Å². The monoisotopic (exact) mass is 273 g/mol. The molecular weight excluding hydrogens is 258 g/mol. The highest BCUT2D eigenvalue weighted by Crippen LogP contribution is 2.14. The number of primary sulfonamides is 1. The zero-order chi connectivity index (χ0) is 13.3. The maximum atomic E-state index is 11.6. The number of carbonyl (C=O) groups excluding carboxylic acids is 1. The molecule has 0 saturated carbocycles. The fourth-order valence-corrected chi connectivity index (χ4v) is 2.32. The summed E-state index contributed by atoms with van der Waals surface area (Å²) in [7, 11) is -2.06. The molecule has 0 spiro atoms. The Morgan fingerprint density at radius 3 is 2.78 bits per heavy atom.